The number of hydrogen-bond acceptors (Lipinski definition) is 3. The first-order valence-corrected chi connectivity index (χ1v) is 6.43. The maximum atomic E-state index is 11.7. The molecule has 1 amide bonds. The number of methoxy groups -OCH3 is 1. The second-order valence-corrected chi connectivity index (χ2v) is 4.54. The third kappa shape index (κ3) is 3.47. The smallest absolute Gasteiger partial charge is 0.237 e. The maximum absolute atomic E-state index is 11.7. The van der Waals surface area contributed by atoms with Gasteiger partial charge in [-0.1, -0.05) is 12.1 Å². The molecular weight excluding hydrogens is 228 g/mol. The first-order valence-electron chi connectivity index (χ1n) is 6.43. The molecule has 1 heterocycles. The minimum Gasteiger partial charge on any atom is -0.497 e. The molecule has 1 atom stereocenters. The van der Waals surface area contributed by atoms with Crippen LogP contribution < -0.4 is 15.4 Å². The summed E-state index contributed by atoms with van der Waals surface area (Å²) in [4.78, 5) is 11.7. The molecule has 0 aromatic heterocycles. The van der Waals surface area contributed by atoms with Gasteiger partial charge in [-0.15, -0.1) is 0 Å². The summed E-state index contributed by atoms with van der Waals surface area (Å²) in [6.45, 7) is 1.64. The van der Waals surface area contributed by atoms with E-state index in [2.05, 4.69) is 10.6 Å². The monoisotopic (exact) mass is 248 g/mol. The van der Waals surface area contributed by atoms with Gasteiger partial charge < -0.3 is 15.4 Å². The number of hydrogen-bond donors (Lipinski definition) is 2. The summed E-state index contributed by atoms with van der Waals surface area (Å²) in [5, 5.41) is 6.16. The minimum absolute atomic E-state index is 0.0147. The van der Waals surface area contributed by atoms with Gasteiger partial charge in [0.25, 0.3) is 0 Å². The van der Waals surface area contributed by atoms with Crippen LogP contribution >= 0.6 is 0 Å². The van der Waals surface area contributed by atoms with Gasteiger partial charge in [0.1, 0.15) is 5.75 Å². The van der Waals surface area contributed by atoms with Crippen molar-refractivity contribution >= 4 is 5.91 Å². The van der Waals surface area contributed by atoms with Gasteiger partial charge >= 0.3 is 0 Å². The molecule has 1 saturated heterocycles. The standard InChI is InChI=1S/C14H20N2O2/c1-18-12-6-4-11(5-7-12)8-10-16-14(17)13-3-2-9-15-13/h4-7,13,15H,2-3,8-10H2,1H3,(H,16,17)/t13-/m1/s1. The fourth-order valence-electron chi connectivity index (χ4n) is 2.15. The van der Waals surface area contributed by atoms with Crippen LogP contribution in [-0.4, -0.2) is 32.1 Å². The number of carbonyl (C=O) groups is 1. The molecule has 18 heavy (non-hydrogen) atoms. The third-order valence-corrected chi connectivity index (χ3v) is 3.25. The Hall–Kier alpha value is -1.55. The van der Waals surface area contributed by atoms with E-state index < -0.39 is 0 Å². The lowest BCUT2D eigenvalue weighted by Crippen LogP contribution is -2.41. The third-order valence-electron chi connectivity index (χ3n) is 3.25. The topological polar surface area (TPSA) is 50.4 Å². The number of ether oxygens (including phenoxy) is 1. The Morgan fingerprint density at radius 1 is 1.44 bits per heavy atom. The average molecular weight is 248 g/mol. The van der Waals surface area contributed by atoms with Gasteiger partial charge in [0, 0.05) is 6.54 Å². The molecule has 0 radical (unpaired) electrons. The van der Waals surface area contributed by atoms with E-state index in [1.54, 1.807) is 7.11 Å². The molecule has 1 aliphatic heterocycles. The van der Waals surface area contributed by atoms with Crippen molar-refractivity contribution in [2.24, 2.45) is 0 Å². The highest BCUT2D eigenvalue weighted by Crippen LogP contribution is 2.11. The predicted octanol–water partition coefficient (Wildman–Crippen LogP) is 1.11. The highest BCUT2D eigenvalue weighted by molar-refractivity contribution is 5.81. The van der Waals surface area contributed by atoms with Gasteiger partial charge in [0.2, 0.25) is 5.91 Å². The summed E-state index contributed by atoms with van der Waals surface area (Å²) >= 11 is 0. The first kappa shape index (κ1) is 12.9. The summed E-state index contributed by atoms with van der Waals surface area (Å²) in [5.41, 5.74) is 1.20. The number of rotatable bonds is 5. The van der Waals surface area contributed by atoms with Crippen LogP contribution in [0.3, 0.4) is 0 Å². The van der Waals surface area contributed by atoms with Crippen LogP contribution in [0.1, 0.15) is 18.4 Å². The molecule has 1 aromatic carbocycles. The van der Waals surface area contributed by atoms with E-state index in [-0.39, 0.29) is 11.9 Å². The summed E-state index contributed by atoms with van der Waals surface area (Å²) < 4.78 is 5.10. The summed E-state index contributed by atoms with van der Waals surface area (Å²) in [7, 11) is 1.66. The van der Waals surface area contributed by atoms with Crippen molar-refractivity contribution in [3.63, 3.8) is 0 Å². The largest absolute Gasteiger partial charge is 0.497 e. The fraction of sp³-hybridized carbons (Fsp3) is 0.500. The quantitative estimate of drug-likeness (QED) is 0.820. The van der Waals surface area contributed by atoms with Crippen LogP contribution in [0.5, 0.6) is 5.75 Å². The molecule has 0 bridgehead atoms. The van der Waals surface area contributed by atoms with Gasteiger partial charge in [-0.05, 0) is 43.5 Å². The van der Waals surface area contributed by atoms with Gasteiger partial charge in [-0.3, -0.25) is 4.79 Å². The molecule has 2 N–H and O–H groups in total. The van der Waals surface area contributed by atoms with Gasteiger partial charge in [-0.2, -0.15) is 0 Å². The lowest BCUT2D eigenvalue weighted by Gasteiger charge is -2.11. The Balaban J connectivity index is 1.72. The zero-order valence-electron chi connectivity index (χ0n) is 10.7. The number of nitrogens with one attached hydrogen (secondary N) is 2. The maximum Gasteiger partial charge on any atom is 0.237 e. The van der Waals surface area contributed by atoms with E-state index in [0.717, 1.165) is 31.6 Å². The van der Waals surface area contributed by atoms with E-state index in [0.29, 0.717) is 6.54 Å². The zero-order chi connectivity index (χ0) is 12.8. The zero-order valence-corrected chi connectivity index (χ0v) is 10.7. The van der Waals surface area contributed by atoms with Crippen molar-refractivity contribution in [1.82, 2.24) is 10.6 Å². The Morgan fingerprint density at radius 2 is 2.22 bits per heavy atom. The van der Waals surface area contributed by atoms with Crippen molar-refractivity contribution in [2.45, 2.75) is 25.3 Å². The summed E-state index contributed by atoms with van der Waals surface area (Å²) in [6.07, 6.45) is 2.90. The van der Waals surface area contributed by atoms with E-state index in [9.17, 15) is 4.79 Å². The normalized spacial score (nSPS) is 18.6. The lowest BCUT2D eigenvalue weighted by atomic mass is 10.1. The fourth-order valence-corrected chi connectivity index (χ4v) is 2.15. The van der Waals surface area contributed by atoms with Gasteiger partial charge in [0.15, 0.2) is 0 Å². The number of amides is 1. The molecule has 0 spiro atoms. The molecule has 0 saturated carbocycles. The van der Waals surface area contributed by atoms with E-state index in [1.165, 1.54) is 5.56 Å². The van der Waals surface area contributed by atoms with Crippen molar-refractivity contribution < 1.29 is 9.53 Å². The Morgan fingerprint density at radius 3 is 2.83 bits per heavy atom. The molecule has 2 rings (SSSR count). The molecule has 0 unspecified atom stereocenters. The Bertz CT molecular complexity index is 383. The van der Waals surface area contributed by atoms with Crippen molar-refractivity contribution in [3.8, 4) is 5.75 Å². The van der Waals surface area contributed by atoms with Crippen molar-refractivity contribution in [2.75, 3.05) is 20.2 Å². The highest BCUT2D eigenvalue weighted by Gasteiger charge is 2.21. The van der Waals surface area contributed by atoms with Crippen LogP contribution in [0.4, 0.5) is 0 Å². The van der Waals surface area contributed by atoms with Crippen molar-refractivity contribution in [3.05, 3.63) is 29.8 Å². The molecule has 1 aromatic rings. The summed E-state index contributed by atoms with van der Waals surface area (Å²) in [6, 6.07) is 7.95. The van der Waals surface area contributed by atoms with Crippen LogP contribution in [0.15, 0.2) is 24.3 Å². The number of carbonyl (C=O) groups excluding carboxylic acids is 1. The Kier molecular flexibility index (Phi) is 4.59. The molecule has 98 valence electrons. The minimum atomic E-state index is 0.0147. The number of benzene rings is 1. The first-order chi connectivity index (χ1) is 8.79. The molecule has 4 nitrogen and oxygen atoms in total. The van der Waals surface area contributed by atoms with Crippen molar-refractivity contribution in [1.29, 1.82) is 0 Å². The van der Waals surface area contributed by atoms with Gasteiger partial charge in [0.05, 0.1) is 13.2 Å². The summed E-state index contributed by atoms with van der Waals surface area (Å²) in [5.74, 6) is 0.985. The second-order valence-electron chi connectivity index (χ2n) is 4.54. The lowest BCUT2D eigenvalue weighted by molar-refractivity contribution is -0.122. The SMILES string of the molecule is COc1ccc(CCNC(=O)[C@H]2CCCN2)cc1. The molecule has 4 heteroatoms. The molecule has 1 fully saturated rings. The van der Waals surface area contributed by atoms with E-state index >= 15 is 0 Å². The van der Waals surface area contributed by atoms with Crippen LogP contribution in [0, 0.1) is 0 Å². The van der Waals surface area contributed by atoms with Gasteiger partial charge in [-0.25, -0.2) is 0 Å². The second kappa shape index (κ2) is 6.40. The van der Waals surface area contributed by atoms with Crippen LogP contribution in [0.2, 0.25) is 0 Å². The molecular formula is C14H20N2O2. The van der Waals surface area contributed by atoms with E-state index in [4.69, 9.17) is 4.74 Å². The average Bonchev–Trinajstić information content (AvgIpc) is 2.93. The van der Waals surface area contributed by atoms with Crippen LogP contribution in [-0.2, 0) is 11.2 Å². The van der Waals surface area contributed by atoms with E-state index in [1.807, 2.05) is 24.3 Å². The molecule has 1 aliphatic rings. The Labute approximate surface area is 108 Å². The molecule has 0 aliphatic carbocycles. The highest BCUT2D eigenvalue weighted by atomic mass is 16.5. The predicted molar refractivity (Wildman–Crippen MR) is 70.7 cm³/mol. The van der Waals surface area contributed by atoms with Crippen LogP contribution in [0.25, 0.3) is 0 Å².